The van der Waals surface area contributed by atoms with Crippen molar-refractivity contribution in [3.05, 3.63) is 12.2 Å². The summed E-state index contributed by atoms with van der Waals surface area (Å²) in [6.45, 7) is 4.02. The molecule has 0 heterocycles. The van der Waals surface area contributed by atoms with Gasteiger partial charge in [-0.25, -0.2) is 4.79 Å². The van der Waals surface area contributed by atoms with Crippen LogP contribution in [0.1, 0.15) is 71.6 Å². The zero-order chi connectivity index (χ0) is 14.8. The van der Waals surface area contributed by atoms with Crippen LogP contribution in [0.3, 0.4) is 0 Å². The van der Waals surface area contributed by atoms with Crippen LogP contribution in [0, 0.1) is 5.92 Å². The van der Waals surface area contributed by atoms with Crippen molar-refractivity contribution >= 4 is 11.8 Å². The molecule has 1 unspecified atom stereocenters. The molecule has 3 nitrogen and oxygen atoms in total. The molecule has 1 rings (SSSR count). The molecule has 0 spiro atoms. The van der Waals surface area contributed by atoms with Crippen LogP contribution in [0.15, 0.2) is 12.2 Å². The third-order valence-electron chi connectivity index (χ3n) is 4.04. The Kier molecular flexibility index (Phi) is 8.24. The fourth-order valence-corrected chi connectivity index (χ4v) is 2.71. The molecule has 1 aliphatic rings. The second kappa shape index (κ2) is 9.73. The standard InChI is InChI=1S/C17H28O3/c1-3-5-6-7-8-13-15(4-2)20-17(19)16(18)14-11-9-10-12-14/h3,5,14-15H,4,6-13H2,1-2H3/b5-3+. The summed E-state index contributed by atoms with van der Waals surface area (Å²) in [4.78, 5) is 23.8. The van der Waals surface area contributed by atoms with Crippen molar-refractivity contribution in [2.45, 2.75) is 77.7 Å². The van der Waals surface area contributed by atoms with Gasteiger partial charge in [0.25, 0.3) is 0 Å². The summed E-state index contributed by atoms with van der Waals surface area (Å²) in [6, 6.07) is 0. The van der Waals surface area contributed by atoms with Crippen LogP contribution in [0.25, 0.3) is 0 Å². The summed E-state index contributed by atoms with van der Waals surface area (Å²) in [5.41, 5.74) is 0. The van der Waals surface area contributed by atoms with E-state index in [0.717, 1.165) is 57.8 Å². The molecule has 0 bridgehead atoms. The molecule has 1 aliphatic carbocycles. The molecule has 0 aromatic carbocycles. The third-order valence-corrected chi connectivity index (χ3v) is 4.04. The van der Waals surface area contributed by atoms with Crippen LogP contribution < -0.4 is 0 Å². The molecule has 0 aliphatic heterocycles. The Balaban J connectivity index is 2.27. The van der Waals surface area contributed by atoms with Crippen molar-refractivity contribution < 1.29 is 14.3 Å². The first-order valence-electron chi connectivity index (χ1n) is 8.05. The highest BCUT2D eigenvalue weighted by Gasteiger charge is 2.30. The Morgan fingerprint density at radius 1 is 1.25 bits per heavy atom. The molecule has 0 N–H and O–H groups in total. The topological polar surface area (TPSA) is 43.4 Å². The predicted octanol–water partition coefficient (Wildman–Crippen LogP) is 4.20. The van der Waals surface area contributed by atoms with Gasteiger partial charge in [-0.3, -0.25) is 4.79 Å². The summed E-state index contributed by atoms with van der Waals surface area (Å²) >= 11 is 0. The molecule has 0 aromatic rings. The molecule has 20 heavy (non-hydrogen) atoms. The number of carbonyl (C=O) groups is 2. The summed E-state index contributed by atoms with van der Waals surface area (Å²) < 4.78 is 5.37. The van der Waals surface area contributed by atoms with E-state index in [4.69, 9.17) is 4.74 Å². The van der Waals surface area contributed by atoms with Gasteiger partial charge < -0.3 is 4.74 Å². The summed E-state index contributed by atoms with van der Waals surface area (Å²) in [5.74, 6) is -0.971. The van der Waals surface area contributed by atoms with Crippen molar-refractivity contribution in [2.24, 2.45) is 5.92 Å². The molecular formula is C17H28O3. The molecule has 3 heteroatoms. The second-order valence-corrected chi connectivity index (χ2v) is 5.63. The number of ketones is 1. The molecule has 0 amide bonds. The van der Waals surface area contributed by atoms with Gasteiger partial charge in [-0.2, -0.15) is 0 Å². The van der Waals surface area contributed by atoms with Gasteiger partial charge in [0.2, 0.25) is 5.78 Å². The van der Waals surface area contributed by atoms with Crippen molar-refractivity contribution in [1.82, 2.24) is 0 Å². The highest BCUT2D eigenvalue weighted by atomic mass is 16.5. The highest BCUT2D eigenvalue weighted by molar-refractivity contribution is 6.34. The Labute approximate surface area is 122 Å². The quantitative estimate of drug-likeness (QED) is 0.275. The first kappa shape index (κ1) is 16.9. The van der Waals surface area contributed by atoms with E-state index >= 15 is 0 Å². The van der Waals surface area contributed by atoms with Gasteiger partial charge in [-0.05, 0) is 51.9 Å². The van der Waals surface area contributed by atoms with E-state index in [0.29, 0.717) is 0 Å². The van der Waals surface area contributed by atoms with E-state index in [2.05, 4.69) is 12.2 Å². The van der Waals surface area contributed by atoms with Crippen molar-refractivity contribution in [2.75, 3.05) is 0 Å². The lowest BCUT2D eigenvalue weighted by Gasteiger charge is -2.16. The van der Waals surface area contributed by atoms with E-state index < -0.39 is 5.97 Å². The zero-order valence-corrected chi connectivity index (χ0v) is 12.9. The number of hydrogen-bond acceptors (Lipinski definition) is 3. The Hall–Kier alpha value is -1.12. The van der Waals surface area contributed by atoms with E-state index in [-0.39, 0.29) is 17.8 Å². The minimum atomic E-state index is -0.600. The van der Waals surface area contributed by atoms with Gasteiger partial charge >= 0.3 is 5.97 Å². The van der Waals surface area contributed by atoms with Gasteiger partial charge in [0, 0.05) is 5.92 Å². The van der Waals surface area contributed by atoms with Crippen LogP contribution in [0.2, 0.25) is 0 Å². The van der Waals surface area contributed by atoms with Gasteiger partial charge in [-0.1, -0.05) is 31.9 Å². The fourth-order valence-electron chi connectivity index (χ4n) is 2.71. The van der Waals surface area contributed by atoms with Crippen LogP contribution in [-0.4, -0.2) is 17.9 Å². The monoisotopic (exact) mass is 280 g/mol. The van der Waals surface area contributed by atoms with Crippen LogP contribution >= 0.6 is 0 Å². The normalized spacial score (nSPS) is 17.5. The first-order chi connectivity index (χ1) is 9.69. The molecule has 114 valence electrons. The molecule has 1 saturated carbocycles. The number of carbonyl (C=O) groups excluding carboxylic acids is 2. The van der Waals surface area contributed by atoms with E-state index in [1.807, 2.05) is 13.8 Å². The maximum absolute atomic E-state index is 11.9. The van der Waals surface area contributed by atoms with Crippen molar-refractivity contribution in [3.8, 4) is 0 Å². The first-order valence-corrected chi connectivity index (χ1v) is 8.05. The molecule has 1 atom stereocenters. The predicted molar refractivity (Wildman–Crippen MR) is 80.4 cm³/mol. The van der Waals surface area contributed by atoms with Crippen molar-refractivity contribution in [3.63, 3.8) is 0 Å². The lowest BCUT2D eigenvalue weighted by atomic mass is 10.0. The number of Topliss-reactive ketones (excluding diaryl/α,β-unsaturated/α-hetero) is 1. The maximum Gasteiger partial charge on any atom is 0.375 e. The number of esters is 1. The number of hydrogen-bond donors (Lipinski definition) is 0. The third kappa shape index (κ3) is 5.89. The Bertz CT molecular complexity index is 327. The van der Waals surface area contributed by atoms with Crippen LogP contribution in [-0.2, 0) is 14.3 Å². The molecule has 0 aromatic heterocycles. The summed E-state index contributed by atoms with van der Waals surface area (Å²) in [5, 5.41) is 0. The maximum atomic E-state index is 11.9. The minimum Gasteiger partial charge on any atom is -0.457 e. The van der Waals surface area contributed by atoms with Crippen LogP contribution in [0.5, 0.6) is 0 Å². The van der Waals surface area contributed by atoms with E-state index in [1.54, 1.807) is 0 Å². The van der Waals surface area contributed by atoms with Crippen molar-refractivity contribution in [1.29, 1.82) is 0 Å². The average molecular weight is 280 g/mol. The Morgan fingerprint density at radius 2 is 1.95 bits per heavy atom. The largest absolute Gasteiger partial charge is 0.457 e. The minimum absolute atomic E-state index is 0.0744. The number of rotatable bonds is 9. The Morgan fingerprint density at radius 3 is 2.55 bits per heavy atom. The molecule has 0 saturated heterocycles. The summed E-state index contributed by atoms with van der Waals surface area (Å²) in [6.07, 6.45) is 12.8. The fraction of sp³-hybridized carbons (Fsp3) is 0.765. The zero-order valence-electron chi connectivity index (χ0n) is 12.9. The molecule has 1 fully saturated rings. The smallest absolute Gasteiger partial charge is 0.375 e. The van der Waals surface area contributed by atoms with Gasteiger partial charge in [0.15, 0.2) is 0 Å². The lowest BCUT2D eigenvalue weighted by molar-refractivity contribution is -0.160. The SMILES string of the molecule is C/C=C/CCCCC(CC)OC(=O)C(=O)C1CCCC1. The van der Waals surface area contributed by atoms with E-state index in [9.17, 15) is 9.59 Å². The molecule has 0 radical (unpaired) electrons. The lowest BCUT2D eigenvalue weighted by Crippen LogP contribution is -2.28. The molecular weight excluding hydrogens is 252 g/mol. The number of unbranched alkanes of at least 4 members (excludes halogenated alkanes) is 2. The summed E-state index contributed by atoms with van der Waals surface area (Å²) in [7, 11) is 0. The number of allylic oxidation sites excluding steroid dienone is 2. The second-order valence-electron chi connectivity index (χ2n) is 5.63. The van der Waals surface area contributed by atoms with Gasteiger partial charge in [-0.15, -0.1) is 0 Å². The number of ether oxygens (including phenoxy) is 1. The van der Waals surface area contributed by atoms with Gasteiger partial charge in [0.05, 0.1) is 0 Å². The average Bonchev–Trinajstić information content (AvgIpc) is 2.98. The van der Waals surface area contributed by atoms with Gasteiger partial charge in [0.1, 0.15) is 6.10 Å². The van der Waals surface area contributed by atoms with E-state index in [1.165, 1.54) is 0 Å². The highest BCUT2D eigenvalue weighted by Crippen LogP contribution is 2.26. The van der Waals surface area contributed by atoms with Crippen LogP contribution in [0.4, 0.5) is 0 Å².